The Hall–Kier alpha value is -2.24. The van der Waals surface area contributed by atoms with Crippen molar-refractivity contribution in [2.75, 3.05) is 18.8 Å². The molecule has 0 radical (unpaired) electrons. The fourth-order valence-corrected chi connectivity index (χ4v) is 5.80. The topological polar surface area (TPSA) is 121 Å². The highest BCUT2D eigenvalue weighted by Crippen LogP contribution is 2.27. The zero-order valence-corrected chi connectivity index (χ0v) is 20.7. The number of aryl methyl sites for hydroxylation is 1. The molecule has 0 saturated carbocycles. The highest BCUT2D eigenvalue weighted by molar-refractivity contribution is 7.89. The summed E-state index contributed by atoms with van der Waals surface area (Å²) in [5.41, 5.74) is 3.64. The summed E-state index contributed by atoms with van der Waals surface area (Å²) in [6, 6.07) is 11.5. The number of aromatic hydroxyl groups is 1. The van der Waals surface area contributed by atoms with Crippen LogP contribution in [0.3, 0.4) is 0 Å². The van der Waals surface area contributed by atoms with Crippen molar-refractivity contribution in [3.05, 3.63) is 62.8 Å². The van der Waals surface area contributed by atoms with Gasteiger partial charge in [-0.25, -0.2) is 13.1 Å². The van der Waals surface area contributed by atoms with E-state index in [4.69, 9.17) is 4.74 Å². The molecule has 3 rings (SSSR count). The minimum atomic E-state index is -3.40. The monoisotopic (exact) mass is 493 g/mol. The van der Waals surface area contributed by atoms with E-state index in [0.717, 1.165) is 32.7 Å². The number of rotatable bonds is 12. The molecular formula is C23H31N3O5S2. The molecule has 2 atom stereocenters. The Morgan fingerprint density at radius 3 is 2.61 bits per heavy atom. The van der Waals surface area contributed by atoms with Crippen molar-refractivity contribution in [3.8, 4) is 5.75 Å². The number of sulfonamides is 1. The first-order valence-electron chi connectivity index (χ1n) is 10.9. The molecule has 1 heterocycles. The third-order valence-electron chi connectivity index (χ3n) is 5.16. The molecule has 0 bridgehead atoms. The van der Waals surface area contributed by atoms with Gasteiger partial charge < -0.3 is 14.8 Å². The molecular weight excluding hydrogens is 462 g/mol. The maximum Gasteiger partial charge on any atom is 0.305 e. The largest absolute Gasteiger partial charge is 0.506 e. The summed E-state index contributed by atoms with van der Waals surface area (Å²) in [5, 5.41) is 13.4. The van der Waals surface area contributed by atoms with E-state index in [1.165, 1.54) is 0 Å². The van der Waals surface area contributed by atoms with Crippen LogP contribution in [0.4, 0.5) is 0 Å². The Kier molecular flexibility index (Phi) is 8.66. The van der Waals surface area contributed by atoms with Crippen LogP contribution < -0.4 is 14.9 Å². The van der Waals surface area contributed by atoms with Crippen LogP contribution in [0.2, 0.25) is 0 Å². The average molecular weight is 494 g/mol. The van der Waals surface area contributed by atoms with Crippen molar-refractivity contribution in [1.29, 1.82) is 0 Å². The van der Waals surface area contributed by atoms with Crippen LogP contribution in [0.1, 0.15) is 30.5 Å². The summed E-state index contributed by atoms with van der Waals surface area (Å²) in [6.45, 7) is 6.41. The number of aromatic amines is 1. The molecule has 8 nitrogen and oxygen atoms in total. The zero-order chi connectivity index (χ0) is 24.0. The molecule has 10 heteroatoms. The second-order valence-corrected chi connectivity index (χ2v) is 10.9. The first-order valence-corrected chi connectivity index (χ1v) is 13.4. The predicted octanol–water partition coefficient (Wildman–Crippen LogP) is 2.65. The van der Waals surface area contributed by atoms with Crippen molar-refractivity contribution in [1.82, 2.24) is 15.0 Å². The second kappa shape index (κ2) is 11.3. The molecule has 180 valence electrons. The lowest BCUT2D eigenvalue weighted by atomic mass is 10.1. The number of nitrogens with one attached hydrogen (secondary N) is 3. The predicted molar refractivity (Wildman–Crippen MR) is 132 cm³/mol. The molecule has 0 aliphatic rings. The van der Waals surface area contributed by atoms with Crippen molar-refractivity contribution < 1.29 is 18.3 Å². The molecule has 33 heavy (non-hydrogen) atoms. The van der Waals surface area contributed by atoms with Crippen LogP contribution in [0, 0.1) is 6.92 Å². The molecule has 3 aromatic rings. The third kappa shape index (κ3) is 7.38. The number of H-pyrrole nitrogens is 1. The summed E-state index contributed by atoms with van der Waals surface area (Å²) >= 11 is 1.07. The molecule has 0 aliphatic heterocycles. The molecule has 2 aromatic carbocycles. The van der Waals surface area contributed by atoms with Gasteiger partial charge in [0.2, 0.25) is 10.0 Å². The Morgan fingerprint density at radius 2 is 1.91 bits per heavy atom. The van der Waals surface area contributed by atoms with Crippen LogP contribution in [-0.2, 0) is 27.6 Å². The summed E-state index contributed by atoms with van der Waals surface area (Å²) < 4.78 is 33.5. The highest BCUT2D eigenvalue weighted by atomic mass is 32.2. The van der Waals surface area contributed by atoms with Gasteiger partial charge in [-0.2, -0.15) is 0 Å². The van der Waals surface area contributed by atoms with Gasteiger partial charge in [-0.05, 0) is 37.5 Å². The van der Waals surface area contributed by atoms with Crippen LogP contribution in [-0.4, -0.2) is 49.7 Å². The van der Waals surface area contributed by atoms with Gasteiger partial charge in [0.15, 0.2) is 0 Å². The normalized spacial score (nSPS) is 13.9. The molecule has 2 unspecified atom stereocenters. The van der Waals surface area contributed by atoms with Gasteiger partial charge in [-0.3, -0.25) is 10.1 Å². The van der Waals surface area contributed by atoms with Crippen molar-refractivity contribution in [2.24, 2.45) is 0 Å². The number of fused-ring (bicyclic) bond motifs is 1. The van der Waals surface area contributed by atoms with Crippen molar-refractivity contribution in [3.63, 3.8) is 0 Å². The van der Waals surface area contributed by atoms with Gasteiger partial charge >= 0.3 is 4.87 Å². The molecule has 0 saturated heterocycles. The van der Waals surface area contributed by atoms with Gasteiger partial charge in [0.05, 0.1) is 16.6 Å². The Bertz CT molecular complexity index is 1220. The minimum absolute atomic E-state index is 0.0522. The average Bonchev–Trinajstić information content (AvgIpc) is 3.13. The van der Waals surface area contributed by atoms with Crippen molar-refractivity contribution in [2.45, 2.75) is 45.9 Å². The number of thiazole rings is 1. The van der Waals surface area contributed by atoms with Crippen molar-refractivity contribution >= 4 is 31.6 Å². The van der Waals surface area contributed by atoms with E-state index in [1.807, 2.05) is 37.3 Å². The lowest BCUT2D eigenvalue weighted by Gasteiger charge is -2.24. The Labute approximate surface area is 198 Å². The molecule has 4 N–H and O–H groups in total. The summed E-state index contributed by atoms with van der Waals surface area (Å²) in [5.74, 6) is -0.0700. The lowest BCUT2D eigenvalue weighted by Crippen LogP contribution is -2.40. The molecule has 0 amide bonds. The minimum Gasteiger partial charge on any atom is -0.506 e. The highest BCUT2D eigenvalue weighted by Gasteiger charge is 2.20. The zero-order valence-electron chi connectivity index (χ0n) is 19.1. The van der Waals surface area contributed by atoms with Crippen LogP contribution in [0.15, 0.2) is 41.2 Å². The third-order valence-corrected chi connectivity index (χ3v) is 7.76. The number of ether oxygens (including phenoxy) is 1. The summed E-state index contributed by atoms with van der Waals surface area (Å²) in [4.78, 5) is 14.2. The number of aromatic nitrogens is 1. The van der Waals surface area contributed by atoms with Crippen LogP contribution >= 0.6 is 11.3 Å². The summed E-state index contributed by atoms with van der Waals surface area (Å²) in [7, 11) is -3.40. The number of phenols is 1. The second-order valence-electron chi connectivity index (χ2n) is 8.07. The van der Waals surface area contributed by atoms with E-state index >= 15 is 0 Å². The van der Waals surface area contributed by atoms with Gasteiger partial charge in [0.1, 0.15) is 17.5 Å². The maximum absolute atomic E-state index is 12.1. The van der Waals surface area contributed by atoms with E-state index in [9.17, 15) is 18.3 Å². The smallest absolute Gasteiger partial charge is 0.305 e. The number of benzene rings is 2. The standard InChI is InChI=1S/C23H31N3O5S2/c1-4-25-33(29,30)14-16(3)31-20(13-17-7-5-15(2)6-8-17)24-12-11-18-9-10-19(27)21-22(18)32-23(28)26-21/h5-10,16,20,24-25,27H,4,11-14H2,1-3H3,(H,26,28). The number of hydrogen-bond acceptors (Lipinski definition) is 7. The Balaban J connectivity index is 1.69. The quantitative estimate of drug-likeness (QED) is 0.288. The molecule has 0 aliphatic carbocycles. The van der Waals surface area contributed by atoms with E-state index in [-0.39, 0.29) is 16.4 Å². The number of phenolic OH excluding ortho intramolecular Hbond substituents is 1. The molecule has 0 spiro atoms. The van der Waals surface area contributed by atoms with Crippen LogP contribution in [0.5, 0.6) is 5.75 Å². The Morgan fingerprint density at radius 1 is 1.18 bits per heavy atom. The van der Waals surface area contributed by atoms with E-state index < -0.39 is 22.4 Å². The first-order chi connectivity index (χ1) is 15.7. The fourth-order valence-electron chi connectivity index (χ4n) is 3.65. The van der Waals surface area contributed by atoms with E-state index in [0.29, 0.717) is 31.4 Å². The molecule has 0 fully saturated rings. The maximum atomic E-state index is 12.1. The van der Waals surface area contributed by atoms with E-state index in [2.05, 4.69) is 15.0 Å². The van der Waals surface area contributed by atoms with E-state index in [1.54, 1.807) is 19.9 Å². The van der Waals surface area contributed by atoms with Gasteiger partial charge in [0, 0.05) is 19.5 Å². The fraction of sp³-hybridized carbons (Fsp3) is 0.435. The van der Waals surface area contributed by atoms with Gasteiger partial charge in [0.25, 0.3) is 0 Å². The lowest BCUT2D eigenvalue weighted by molar-refractivity contribution is -0.00950. The SMILES string of the molecule is CCNS(=O)(=O)CC(C)OC(Cc1ccc(C)cc1)NCCc1ccc(O)c2[nH]c(=O)sc12. The van der Waals surface area contributed by atoms with Gasteiger partial charge in [-0.1, -0.05) is 54.2 Å². The first kappa shape index (κ1) is 25.4. The number of hydrogen-bond donors (Lipinski definition) is 4. The molecule has 1 aromatic heterocycles. The summed E-state index contributed by atoms with van der Waals surface area (Å²) in [6.07, 6.45) is 0.293. The van der Waals surface area contributed by atoms with Crippen LogP contribution in [0.25, 0.3) is 10.2 Å². The van der Waals surface area contributed by atoms with Gasteiger partial charge in [-0.15, -0.1) is 0 Å².